The molecule has 0 bridgehead atoms. The maximum absolute atomic E-state index is 12.8. The summed E-state index contributed by atoms with van der Waals surface area (Å²) in [7, 11) is 0. The Morgan fingerprint density at radius 1 is 1.00 bits per heavy atom. The van der Waals surface area contributed by atoms with E-state index < -0.39 is 0 Å². The standard InChI is InChI=1S/C23H27N3O2/c27-23(19-9-7-10-20(17-19)25-12-5-6-13-25)24-18-21(22-11-8-16-28-22)26-14-3-1-2-4-15-26/h5-13,16-17,21H,1-4,14-15,18H2,(H,24,27). The van der Waals surface area contributed by atoms with Crippen molar-refractivity contribution in [2.24, 2.45) is 0 Å². The molecule has 3 aromatic rings. The Morgan fingerprint density at radius 2 is 1.79 bits per heavy atom. The van der Waals surface area contributed by atoms with Gasteiger partial charge in [0.2, 0.25) is 0 Å². The summed E-state index contributed by atoms with van der Waals surface area (Å²) in [5, 5.41) is 3.13. The third-order valence-corrected chi connectivity index (χ3v) is 5.42. The minimum absolute atomic E-state index is 0.0552. The maximum Gasteiger partial charge on any atom is 0.251 e. The van der Waals surface area contributed by atoms with Crippen LogP contribution in [0.25, 0.3) is 5.69 Å². The number of nitrogens with one attached hydrogen (secondary N) is 1. The van der Waals surface area contributed by atoms with E-state index in [1.54, 1.807) is 6.26 Å². The molecule has 1 N–H and O–H groups in total. The first kappa shape index (κ1) is 18.6. The fourth-order valence-electron chi connectivity index (χ4n) is 3.90. The van der Waals surface area contributed by atoms with E-state index in [-0.39, 0.29) is 11.9 Å². The smallest absolute Gasteiger partial charge is 0.251 e. The highest BCUT2D eigenvalue weighted by atomic mass is 16.3. The monoisotopic (exact) mass is 377 g/mol. The van der Waals surface area contributed by atoms with Crippen LogP contribution in [0, 0.1) is 0 Å². The lowest BCUT2D eigenvalue weighted by atomic mass is 10.1. The number of nitrogens with zero attached hydrogens (tertiary/aromatic N) is 2. The van der Waals surface area contributed by atoms with Gasteiger partial charge < -0.3 is 14.3 Å². The van der Waals surface area contributed by atoms with Gasteiger partial charge in [-0.15, -0.1) is 0 Å². The molecule has 146 valence electrons. The molecule has 1 aliphatic rings. The van der Waals surface area contributed by atoms with E-state index in [1.165, 1.54) is 25.7 Å². The van der Waals surface area contributed by atoms with Crippen molar-refractivity contribution < 1.29 is 9.21 Å². The summed E-state index contributed by atoms with van der Waals surface area (Å²) in [4.78, 5) is 15.3. The zero-order valence-corrected chi connectivity index (χ0v) is 16.1. The molecule has 3 heterocycles. The topological polar surface area (TPSA) is 50.4 Å². The number of aromatic nitrogens is 1. The highest BCUT2D eigenvalue weighted by Crippen LogP contribution is 2.24. The Kier molecular flexibility index (Phi) is 5.92. The Morgan fingerprint density at radius 3 is 2.50 bits per heavy atom. The van der Waals surface area contributed by atoms with Crippen molar-refractivity contribution in [3.8, 4) is 5.69 Å². The van der Waals surface area contributed by atoms with Gasteiger partial charge in [-0.2, -0.15) is 0 Å². The third kappa shape index (κ3) is 4.37. The van der Waals surface area contributed by atoms with E-state index in [0.29, 0.717) is 12.1 Å². The van der Waals surface area contributed by atoms with Gasteiger partial charge in [-0.1, -0.05) is 18.9 Å². The van der Waals surface area contributed by atoms with Crippen LogP contribution in [0.2, 0.25) is 0 Å². The van der Waals surface area contributed by atoms with E-state index in [0.717, 1.165) is 24.5 Å². The molecule has 1 amide bonds. The first-order valence-corrected chi connectivity index (χ1v) is 10.1. The number of rotatable bonds is 6. The molecule has 0 radical (unpaired) electrons. The Hall–Kier alpha value is -2.79. The second kappa shape index (κ2) is 8.93. The predicted molar refractivity (Wildman–Crippen MR) is 110 cm³/mol. The summed E-state index contributed by atoms with van der Waals surface area (Å²) in [6, 6.07) is 15.6. The van der Waals surface area contributed by atoms with Gasteiger partial charge in [-0.25, -0.2) is 0 Å². The molecule has 1 unspecified atom stereocenters. The average molecular weight is 377 g/mol. The fraction of sp³-hybridized carbons (Fsp3) is 0.348. The number of hydrogen-bond acceptors (Lipinski definition) is 3. The van der Waals surface area contributed by atoms with Crippen LogP contribution < -0.4 is 5.32 Å². The second-order valence-electron chi connectivity index (χ2n) is 7.33. The van der Waals surface area contributed by atoms with Crippen molar-refractivity contribution in [1.82, 2.24) is 14.8 Å². The molecule has 1 aliphatic heterocycles. The number of furan rings is 1. The summed E-state index contributed by atoms with van der Waals surface area (Å²) in [6.07, 6.45) is 10.6. The van der Waals surface area contributed by atoms with Crippen molar-refractivity contribution in [2.75, 3.05) is 19.6 Å². The lowest BCUT2D eigenvalue weighted by Crippen LogP contribution is -2.38. The molecule has 1 fully saturated rings. The zero-order valence-electron chi connectivity index (χ0n) is 16.1. The average Bonchev–Trinajstić information content (AvgIpc) is 3.39. The third-order valence-electron chi connectivity index (χ3n) is 5.42. The lowest BCUT2D eigenvalue weighted by Gasteiger charge is -2.29. The van der Waals surface area contributed by atoms with Crippen LogP contribution in [0.15, 0.2) is 71.6 Å². The van der Waals surface area contributed by atoms with E-state index in [1.807, 2.05) is 65.5 Å². The number of likely N-dealkylation sites (tertiary alicyclic amines) is 1. The molecule has 28 heavy (non-hydrogen) atoms. The van der Waals surface area contributed by atoms with Gasteiger partial charge in [0.25, 0.3) is 5.91 Å². The SMILES string of the molecule is O=C(NCC(c1ccco1)N1CCCCCC1)c1cccc(-n2cccc2)c1. The molecule has 1 atom stereocenters. The van der Waals surface area contributed by atoms with Crippen molar-refractivity contribution >= 4 is 5.91 Å². The molecule has 0 saturated carbocycles. The van der Waals surface area contributed by atoms with Crippen molar-refractivity contribution in [3.05, 3.63) is 78.5 Å². The molecule has 0 aliphatic carbocycles. The molecule has 1 saturated heterocycles. The largest absolute Gasteiger partial charge is 0.468 e. The maximum atomic E-state index is 12.8. The Labute approximate surface area is 166 Å². The van der Waals surface area contributed by atoms with Crippen molar-refractivity contribution in [1.29, 1.82) is 0 Å². The molecule has 1 aromatic carbocycles. The number of carbonyl (C=O) groups is 1. The number of carbonyl (C=O) groups excluding carboxylic acids is 1. The van der Waals surface area contributed by atoms with Gasteiger partial charge in [-0.3, -0.25) is 9.69 Å². The summed E-state index contributed by atoms with van der Waals surface area (Å²) >= 11 is 0. The van der Waals surface area contributed by atoms with Crippen LogP contribution in [0.4, 0.5) is 0 Å². The lowest BCUT2D eigenvalue weighted by molar-refractivity contribution is 0.0927. The minimum atomic E-state index is -0.0552. The molecular formula is C23H27N3O2. The molecule has 2 aromatic heterocycles. The van der Waals surface area contributed by atoms with Gasteiger partial charge >= 0.3 is 0 Å². The quantitative estimate of drug-likeness (QED) is 0.692. The Bertz CT molecular complexity index is 863. The molecule has 4 rings (SSSR count). The van der Waals surface area contributed by atoms with Crippen LogP contribution in [-0.4, -0.2) is 35.0 Å². The van der Waals surface area contributed by atoms with Crippen molar-refractivity contribution in [2.45, 2.75) is 31.7 Å². The highest BCUT2D eigenvalue weighted by Gasteiger charge is 2.24. The van der Waals surface area contributed by atoms with Crippen LogP contribution in [0.3, 0.4) is 0 Å². The number of amides is 1. The van der Waals surface area contributed by atoms with Gasteiger partial charge in [0.15, 0.2) is 0 Å². The predicted octanol–water partition coefficient (Wildman–Crippen LogP) is 4.42. The second-order valence-corrected chi connectivity index (χ2v) is 7.33. The summed E-state index contributed by atoms with van der Waals surface area (Å²) in [6.45, 7) is 2.63. The number of benzene rings is 1. The number of hydrogen-bond donors (Lipinski definition) is 1. The fourth-order valence-corrected chi connectivity index (χ4v) is 3.90. The highest BCUT2D eigenvalue weighted by molar-refractivity contribution is 5.94. The minimum Gasteiger partial charge on any atom is -0.468 e. The summed E-state index contributed by atoms with van der Waals surface area (Å²) in [5.74, 6) is 0.865. The van der Waals surface area contributed by atoms with Gasteiger partial charge in [0, 0.05) is 30.2 Å². The zero-order chi connectivity index (χ0) is 19.2. The molecule has 5 nitrogen and oxygen atoms in total. The van der Waals surface area contributed by atoms with Crippen LogP contribution >= 0.6 is 0 Å². The van der Waals surface area contributed by atoms with Gasteiger partial charge in [0.05, 0.1) is 12.3 Å². The Balaban J connectivity index is 1.46. The summed E-state index contributed by atoms with van der Waals surface area (Å²) in [5.41, 5.74) is 1.65. The normalized spacial score (nSPS) is 16.4. The van der Waals surface area contributed by atoms with Gasteiger partial charge in [0.1, 0.15) is 5.76 Å². The van der Waals surface area contributed by atoms with Crippen LogP contribution in [-0.2, 0) is 0 Å². The molecule has 5 heteroatoms. The first-order chi connectivity index (χ1) is 13.8. The van der Waals surface area contributed by atoms with Crippen LogP contribution in [0.5, 0.6) is 0 Å². The van der Waals surface area contributed by atoms with E-state index >= 15 is 0 Å². The molecular weight excluding hydrogens is 350 g/mol. The van der Waals surface area contributed by atoms with Crippen LogP contribution in [0.1, 0.15) is 47.8 Å². The van der Waals surface area contributed by atoms with E-state index in [2.05, 4.69) is 10.2 Å². The van der Waals surface area contributed by atoms with Crippen molar-refractivity contribution in [3.63, 3.8) is 0 Å². The summed E-state index contributed by atoms with van der Waals surface area (Å²) < 4.78 is 7.70. The van der Waals surface area contributed by atoms with Gasteiger partial charge in [-0.05, 0) is 68.4 Å². The van der Waals surface area contributed by atoms with E-state index in [9.17, 15) is 4.79 Å². The first-order valence-electron chi connectivity index (χ1n) is 10.1. The molecule has 0 spiro atoms. The van der Waals surface area contributed by atoms with E-state index in [4.69, 9.17) is 4.42 Å².